The summed E-state index contributed by atoms with van der Waals surface area (Å²) in [5.74, 6) is 1.02. The molecule has 0 aromatic heterocycles. The number of benzene rings is 1. The molecule has 0 radical (unpaired) electrons. The van der Waals surface area contributed by atoms with Crippen LogP contribution in [0.1, 0.15) is 18.9 Å². The van der Waals surface area contributed by atoms with Gasteiger partial charge in [-0.15, -0.1) is 0 Å². The van der Waals surface area contributed by atoms with Crippen LogP contribution in [0.2, 0.25) is 0 Å². The Kier molecular flexibility index (Phi) is 5.39. The van der Waals surface area contributed by atoms with Gasteiger partial charge in [0.1, 0.15) is 5.75 Å². The molecule has 0 fully saturated rings. The molecule has 1 aromatic carbocycles. The Labute approximate surface area is 127 Å². The first-order valence-corrected chi connectivity index (χ1v) is 7.33. The van der Waals surface area contributed by atoms with E-state index in [-0.39, 0.29) is 5.91 Å². The first-order chi connectivity index (χ1) is 10.1. The predicted octanol–water partition coefficient (Wildman–Crippen LogP) is 2.31. The molecule has 0 saturated heterocycles. The fraction of sp³-hybridized carbons (Fsp3) is 0.471. The summed E-state index contributed by atoms with van der Waals surface area (Å²) in [6.45, 7) is 5.32. The van der Waals surface area contributed by atoms with Crippen molar-refractivity contribution in [2.24, 2.45) is 0 Å². The lowest BCUT2D eigenvalue weighted by Crippen LogP contribution is -2.32. The predicted molar refractivity (Wildman–Crippen MR) is 84.3 cm³/mol. The zero-order chi connectivity index (χ0) is 15.2. The smallest absolute Gasteiger partial charge is 0.219 e. The first-order valence-electron chi connectivity index (χ1n) is 7.33. The van der Waals surface area contributed by atoms with Gasteiger partial charge in [0.2, 0.25) is 5.91 Å². The Morgan fingerprint density at radius 3 is 2.57 bits per heavy atom. The molecule has 4 heteroatoms. The second-order valence-electron chi connectivity index (χ2n) is 5.57. The van der Waals surface area contributed by atoms with Gasteiger partial charge in [0.15, 0.2) is 0 Å². The van der Waals surface area contributed by atoms with E-state index in [0.717, 1.165) is 38.3 Å². The van der Waals surface area contributed by atoms with Gasteiger partial charge in [-0.3, -0.25) is 9.69 Å². The molecule has 2 rings (SSSR count). The molecule has 0 saturated carbocycles. The van der Waals surface area contributed by atoms with Crippen LogP contribution >= 0.6 is 0 Å². The Morgan fingerprint density at radius 1 is 1.33 bits per heavy atom. The van der Waals surface area contributed by atoms with Crippen LogP contribution < -0.4 is 4.74 Å². The Morgan fingerprint density at radius 2 is 2.05 bits per heavy atom. The quantitative estimate of drug-likeness (QED) is 0.780. The van der Waals surface area contributed by atoms with Crippen molar-refractivity contribution in [3.63, 3.8) is 0 Å². The number of carbonyl (C=O) groups is 1. The van der Waals surface area contributed by atoms with Crippen molar-refractivity contribution in [2.75, 3.05) is 33.8 Å². The monoisotopic (exact) mass is 288 g/mol. The molecule has 0 spiro atoms. The normalized spacial score (nSPS) is 15.5. The molecule has 21 heavy (non-hydrogen) atoms. The summed E-state index contributed by atoms with van der Waals surface area (Å²) in [6.07, 6.45) is 3.29. The maximum atomic E-state index is 11.3. The summed E-state index contributed by atoms with van der Waals surface area (Å²) in [7, 11) is 3.54. The zero-order valence-electron chi connectivity index (χ0n) is 13.1. The van der Waals surface area contributed by atoms with E-state index in [2.05, 4.69) is 23.1 Å². The molecule has 0 aliphatic carbocycles. The minimum atomic E-state index is 0.122. The second kappa shape index (κ2) is 7.27. The van der Waals surface area contributed by atoms with Crippen LogP contribution in [-0.2, 0) is 11.3 Å². The topological polar surface area (TPSA) is 32.8 Å². The van der Waals surface area contributed by atoms with Gasteiger partial charge in [-0.2, -0.15) is 0 Å². The molecule has 0 atom stereocenters. The number of carbonyl (C=O) groups excluding carboxylic acids is 1. The molecule has 1 aromatic rings. The van der Waals surface area contributed by atoms with Crippen LogP contribution in [0, 0.1) is 0 Å². The van der Waals surface area contributed by atoms with Crippen molar-refractivity contribution in [2.45, 2.75) is 19.9 Å². The lowest BCUT2D eigenvalue weighted by atomic mass is 10.1. The van der Waals surface area contributed by atoms with E-state index in [1.54, 1.807) is 18.9 Å². The first kappa shape index (κ1) is 15.6. The average molecular weight is 288 g/mol. The lowest BCUT2D eigenvalue weighted by molar-refractivity contribution is -0.127. The highest BCUT2D eigenvalue weighted by molar-refractivity contribution is 5.73. The summed E-state index contributed by atoms with van der Waals surface area (Å²) in [5.41, 5.74) is 2.66. The van der Waals surface area contributed by atoms with Crippen LogP contribution in [0.5, 0.6) is 5.75 Å². The molecule has 0 unspecified atom stereocenters. The van der Waals surface area contributed by atoms with E-state index in [4.69, 9.17) is 4.74 Å². The standard InChI is InChI=1S/C17H24N2O2/c1-14(20)18(2)12-16-8-10-19(11-9-16)13-15-4-6-17(21-3)7-5-15/h4-8H,9-13H2,1-3H3. The van der Waals surface area contributed by atoms with Gasteiger partial charge in [0.25, 0.3) is 0 Å². The maximum absolute atomic E-state index is 11.3. The summed E-state index contributed by atoms with van der Waals surface area (Å²) < 4.78 is 5.17. The lowest BCUT2D eigenvalue weighted by Gasteiger charge is -2.28. The number of nitrogens with zero attached hydrogens (tertiary/aromatic N) is 2. The third kappa shape index (κ3) is 4.60. The molecule has 1 heterocycles. The van der Waals surface area contributed by atoms with Gasteiger partial charge in [-0.25, -0.2) is 0 Å². The molecule has 4 nitrogen and oxygen atoms in total. The van der Waals surface area contributed by atoms with Crippen molar-refractivity contribution in [1.29, 1.82) is 0 Å². The summed E-state index contributed by atoms with van der Waals surface area (Å²) in [5, 5.41) is 0. The van der Waals surface area contributed by atoms with Crippen molar-refractivity contribution >= 4 is 5.91 Å². The third-order valence-electron chi connectivity index (χ3n) is 3.93. The Bertz CT molecular complexity index is 508. The van der Waals surface area contributed by atoms with Gasteiger partial charge < -0.3 is 9.64 Å². The van der Waals surface area contributed by atoms with Crippen molar-refractivity contribution < 1.29 is 9.53 Å². The van der Waals surface area contributed by atoms with E-state index in [1.165, 1.54) is 11.1 Å². The van der Waals surface area contributed by atoms with Gasteiger partial charge in [-0.1, -0.05) is 23.8 Å². The molecule has 1 amide bonds. The molecular formula is C17H24N2O2. The maximum Gasteiger partial charge on any atom is 0.219 e. The van der Waals surface area contributed by atoms with Crippen molar-refractivity contribution in [3.8, 4) is 5.75 Å². The van der Waals surface area contributed by atoms with E-state index in [9.17, 15) is 4.79 Å². The minimum Gasteiger partial charge on any atom is -0.497 e. The van der Waals surface area contributed by atoms with Gasteiger partial charge in [0, 0.05) is 40.2 Å². The molecule has 1 aliphatic heterocycles. The number of amides is 1. The highest BCUT2D eigenvalue weighted by Crippen LogP contribution is 2.17. The molecule has 1 aliphatic rings. The summed E-state index contributed by atoms with van der Waals surface area (Å²) in [4.78, 5) is 15.4. The number of hydrogen-bond donors (Lipinski definition) is 0. The SMILES string of the molecule is COc1ccc(CN2CC=C(CN(C)C(C)=O)CC2)cc1. The summed E-state index contributed by atoms with van der Waals surface area (Å²) >= 11 is 0. The van der Waals surface area contributed by atoms with E-state index in [0.29, 0.717) is 0 Å². The van der Waals surface area contributed by atoms with Crippen LogP contribution in [-0.4, -0.2) is 49.5 Å². The summed E-state index contributed by atoms with van der Waals surface area (Å²) in [6, 6.07) is 8.23. The molecule has 0 N–H and O–H groups in total. The van der Waals surface area contributed by atoms with E-state index >= 15 is 0 Å². The van der Waals surface area contributed by atoms with Gasteiger partial charge >= 0.3 is 0 Å². The number of likely N-dealkylation sites (N-methyl/N-ethyl adjacent to an activating group) is 1. The molecular weight excluding hydrogens is 264 g/mol. The third-order valence-corrected chi connectivity index (χ3v) is 3.93. The average Bonchev–Trinajstić information content (AvgIpc) is 2.50. The van der Waals surface area contributed by atoms with Gasteiger partial charge in [-0.05, 0) is 24.1 Å². The Hall–Kier alpha value is -1.81. The van der Waals surface area contributed by atoms with Crippen LogP contribution in [0.4, 0.5) is 0 Å². The van der Waals surface area contributed by atoms with E-state index < -0.39 is 0 Å². The van der Waals surface area contributed by atoms with Crippen LogP contribution in [0.25, 0.3) is 0 Å². The van der Waals surface area contributed by atoms with E-state index in [1.807, 2.05) is 19.2 Å². The highest BCUT2D eigenvalue weighted by atomic mass is 16.5. The molecule has 0 bridgehead atoms. The fourth-order valence-corrected chi connectivity index (χ4v) is 2.45. The highest BCUT2D eigenvalue weighted by Gasteiger charge is 2.14. The van der Waals surface area contributed by atoms with Crippen LogP contribution in [0.15, 0.2) is 35.9 Å². The molecule has 114 valence electrons. The van der Waals surface area contributed by atoms with Crippen molar-refractivity contribution in [1.82, 2.24) is 9.80 Å². The van der Waals surface area contributed by atoms with Crippen molar-refractivity contribution in [3.05, 3.63) is 41.5 Å². The number of ether oxygens (including phenoxy) is 1. The Balaban J connectivity index is 1.85. The zero-order valence-corrected chi connectivity index (χ0v) is 13.1. The number of rotatable bonds is 5. The minimum absolute atomic E-state index is 0.122. The number of hydrogen-bond acceptors (Lipinski definition) is 3. The van der Waals surface area contributed by atoms with Gasteiger partial charge in [0.05, 0.1) is 7.11 Å². The van der Waals surface area contributed by atoms with Crippen LogP contribution in [0.3, 0.4) is 0 Å². The second-order valence-corrected chi connectivity index (χ2v) is 5.57. The fourth-order valence-electron chi connectivity index (χ4n) is 2.45. The largest absolute Gasteiger partial charge is 0.497 e. The number of methoxy groups -OCH3 is 1.